The average Bonchev–Trinajstić information content (AvgIpc) is 2.27. The largest absolute Gasteiger partial charge is 0.287 e. The van der Waals surface area contributed by atoms with Crippen molar-refractivity contribution in [1.82, 2.24) is 4.98 Å². The van der Waals surface area contributed by atoms with Gasteiger partial charge in [0.2, 0.25) is 0 Å². The van der Waals surface area contributed by atoms with Crippen LogP contribution in [-0.4, -0.2) is 9.91 Å². The van der Waals surface area contributed by atoms with Gasteiger partial charge in [0, 0.05) is 17.2 Å². The van der Waals surface area contributed by atoms with Crippen LogP contribution < -0.4 is 0 Å². The molecule has 0 fully saturated rings. The molecule has 0 unspecified atom stereocenters. The highest BCUT2D eigenvalue weighted by molar-refractivity contribution is 5.29. The van der Waals surface area contributed by atoms with Crippen LogP contribution in [0.1, 0.15) is 59.6 Å². The smallest absolute Gasteiger partial charge is 0.258 e. The van der Waals surface area contributed by atoms with E-state index in [0.717, 1.165) is 18.5 Å². The maximum Gasteiger partial charge on any atom is 0.287 e. The lowest BCUT2D eigenvalue weighted by molar-refractivity contribution is -0.385. The fourth-order valence-electron chi connectivity index (χ4n) is 2.08. The molecular formula is C15H24N2O2. The van der Waals surface area contributed by atoms with Gasteiger partial charge in [-0.25, -0.2) is 0 Å². The fraction of sp³-hybridized carbons (Fsp3) is 0.667. The minimum absolute atomic E-state index is 0.0413. The molecule has 0 N–H and O–H groups in total. The van der Waals surface area contributed by atoms with E-state index >= 15 is 0 Å². The van der Waals surface area contributed by atoms with Crippen molar-refractivity contribution in [2.45, 2.75) is 59.3 Å². The van der Waals surface area contributed by atoms with Gasteiger partial charge in [0.25, 0.3) is 5.69 Å². The van der Waals surface area contributed by atoms with Crippen molar-refractivity contribution < 1.29 is 4.92 Å². The van der Waals surface area contributed by atoms with E-state index in [4.69, 9.17) is 0 Å². The number of hydrogen-bond donors (Lipinski definition) is 0. The molecule has 0 saturated carbocycles. The second kappa shape index (κ2) is 5.68. The lowest BCUT2D eigenvalue weighted by Crippen LogP contribution is -2.19. The molecular weight excluding hydrogens is 240 g/mol. The minimum Gasteiger partial charge on any atom is -0.258 e. The van der Waals surface area contributed by atoms with Gasteiger partial charge in [-0.15, -0.1) is 0 Å². The van der Waals surface area contributed by atoms with E-state index < -0.39 is 4.92 Å². The maximum absolute atomic E-state index is 10.6. The van der Waals surface area contributed by atoms with Crippen LogP contribution in [0.4, 0.5) is 5.69 Å². The summed E-state index contributed by atoms with van der Waals surface area (Å²) in [5.41, 5.74) is 1.28. The van der Waals surface area contributed by atoms with E-state index in [1.807, 2.05) is 0 Å². The van der Waals surface area contributed by atoms with Gasteiger partial charge in [-0.2, -0.15) is 0 Å². The van der Waals surface area contributed by atoms with Crippen LogP contribution in [0.2, 0.25) is 0 Å². The SMILES string of the molecule is CC(C)(C)CCCC(C)(C)c1ccc([N+](=O)[O-])cn1. The third-order valence-corrected chi connectivity index (χ3v) is 3.38. The van der Waals surface area contributed by atoms with Gasteiger partial charge >= 0.3 is 0 Å². The summed E-state index contributed by atoms with van der Waals surface area (Å²) in [6.07, 6.45) is 4.69. The van der Waals surface area contributed by atoms with Crippen molar-refractivity contribution in [3.63, 3.8) is 0 Å². The molecule has 0 atom stereocenters. The zero-order chi connectivity index (χ0) is 14.7. The summed E-state index contributed by atoms with van der Waals surface area (Å²) in [6, 6.07) is 3.31. The number of hydrogen-bond acceptors (Lipinski definition) is 3. The average molecular weight is 264 g/mol. The summed E-state index contributed by atoms with van der Waals surface area (Å²) in [5.74, 6) is 0. The van der Waals surface area contributed by atoms with Crippen LogP contribution in [-0.2, 0) is 5.41 Å². The first-order valence-electron chi connectivity index (χ1n) is 6.73. The number of rotatable bonds is 5. The van der Waals surface area contributed by atoms with Crippen LogP contribution >= 0.6 is 0 Å². The zero-order valence-electron chi connectivity index (χ0n) is 12.6. The van der Waals surface area contributed by atoms with Crippen molar-refractivity contribution in [1.29, 1.82) is 0 Å². The van der Waals surface area contributed by atoms with Crippen molar-refractivity contribution in [3.8, 4) is 0 Å². The Kier molecular flexibility index (Phi) is 4.66. The second-order valence-corrected chi connectivity index (χ2v) is 6.96. The lowest BCUT2D eigenvalue weighted by Gasteiger charge is -2.26. The van der Waals surface area contributed by atoms with Crippen LogP contribution in [0, 0.1) is 15.5 Å². The summed E-state index contributed by atoms with van der Waals surface area (Å²) in [4.78, 5) is 14.4. The summed E-state index contributed by atoms with van der Waals surface area (Å²) in [5, 5.41) is 10.6. The van der Waals surface area contributed by atoms with E-state index in [0.29, 0.717) is 5.41 Å². The Morgan fingerprint density at radius 3 is 2.21 bits per heavy atom. The number of aromatic nitrogens is 1. The lowest BCUT2D eigenvalue weighted by atomic mass is 9.80. The van der Waals surface area contributed by atoms with Crippen molar-refractivity contribution in [2.24, 2.45) is 5.41 Å². The highest BCUT2D eigenvalue weighted by Gasteiger charge is 2.23. The first-order valence-corrected chi connectivity index (χ1v) is 6.73. The highest BCUT2D eigenvalue weighted by Crippen LogP contribution is 2.31. The molecule has 106 valence electrons. The Bertz CT molecular complexity index is 430. The number of nitro groups is 1. The summed E-state index contributed by atoms with van der Waals surface area (Å²) in [7, 11) is 0. The molecule has 19 heavy (non-hydrogen) atoms. The topological polar surface area (TPSA) is 56.0 Å². The van der Waals surface area contributed by atoms with E-state index in [1.165, 1.54) is 18.7 Å². The Morgan fingerprint density at radius 2 is 1.79 bits per heavy atom. The Hall–Kier alpha value is -1.45. The molecule has 1 aromatic rings. The zero-order valence-corrected chi connectivity index (χ0v) is 12.6. The Balaban J connectivity index is 2.68. The van der Waals surface area contributed by atoms with Crippen LogP contribution in [0.3, 0.4) is 0 Å². The molecule has 0 aliphatic rings. The Labute approximate surface area is 115 Å². The minimum atomic E-state index is -0.413. The first kappa shape index (κ1) is 15.6. The number of pyridine rings is 1. The molecule has 0 aromatic carbocycles. The van der Waals surface area contributed by atoms with Gasteiger partial charge in [0.15, 0.2) is 0 Å². The van der Waals surface area contributed by atoms with Gasteiger partial charge in [0.1, 0.15) is 6.20 Å². The van der Waals surface area contributed by atoms with Gasteiger partial charge in [-0.3, -0.25) is 15.1 Å². The van der Waals surface area contributed by atoms with Gasteiger partial charge in [-0.1, -0.05) is 41.0 Å². The quantitative estimate of drug-likeness (QED) is 0.581. The van der Waals surface area contributed by atoms with Crippen LogP contribution in [0.15, 0.2) is 18.3 Å². The summed E-state index contributed by atoms with van der Waals surface area (Å²) < 4.78 is 0. The molecule has 1 rings (SSSR count). The Morgan fingerprint density at radius 1 is 1.16 bits per heavy atom. The molecule has 1 aromatic heterocycles. The first-order chi connectivity index (χ1) is 8.62. The molecule has 1 heterocycles. The highest BCUT2D eigenvalue weighted by atomic mass is 16.6. The van der Waals surface area contributed by atoms with E-state index in [9.17, 15) is 10.1 Å². The summed E-state index contributed by atoms with van der Waals surface area (Å²) in [6.45, 7) is 11.0. The van der Waals surface area contributed by atoms with Crippen LogP contribution in [0.5, 0.6) is 0 Å². The second-order valence-electron chi connectivity index (χ2n) is 6.96. The molecule has 0 saturated heterocycles. The fourth-order valence-corrected chi connectivity index (χ4v) is 2.08. The molecule has 0 bridgehead atoms. The van der Waals surface area contributed by atoms with Gasteiger partial charge in [0.05, 0.1) is 4.92 Å². The predicted octanol–water partition coefficient (Wildman–Crippen LogP) is 4.48. The molecule has 0 aliphatic carbocycles. The monoisotopic (exact) mass is 264 g/mol. The maximum atomic E-state index is 10.6. The molecule has 0 radical (unpaired) electrons. The predicted molar refractivity (Wildman–Crippen MR) is 77.2 cm³/mol. The van der Waals surface area contributed by atoms with Gasteiger partial charge < -0.3 is 0 Å². The van der Waals surface area contributed by atoms with E-state index in [2.05, 4.69) is 39.6 Å². The number of nitrogens with zero attached hydrogens (tertiary/aromatic N) is 2. The van der Waals surface area contributed by atoms with Crippen molar-refractivity contribution in [3.05, 3.63) is 34.1 Å². The molecule has 0 aliphatic heterocycles. The van der Waals surface area contributed by atoms with E-state index in [-0.39, 0.29) is 11.1 Å². The standard InChI is InChI=1S/C15H24N2O2/c1-14(2,3)9-6-10-15(4,5)13-8-7-12(11-16-13)17(18)19/h7-8,11H,6,9-10H2,1-5H3. The summed E-state index contributed by atoms with van der Waals surface area (Å²) >= 11 is 0. The third-order valence-electron chi connectivity index (χ3n) is 3.38. The van der Waals surface area contributed by atoms with Crippen molar-refractivity contribution >= 4 is 5.69 Å². The van der Waals surface area contributed by atoms with Crippen LogP contribution in [0.25, 0.3) is 0 Å². The normalized spacial score (nSPS) is 12.5. The molecule has 0 spiro atoms. The molecule has 0 amide bonds. The third kappa shape index (κ3) is 4.97. The van der Waals surface area contributed by atoms with Gasteiger partial charge in [-0.05, 0) is 24.3 Å². The van der Waals surface area contributed by atoms with Crippen molar-refractivity contribution in [2.75, 3.05) is 0 Å². The molecule has 4 heteroatoms. The van der Waals surface area contributed by atoms with E-state index in [1.54, 1.807) is 6.07 Å². The molecule has 4 nitrogen and oxygen atoms in total.